The van der Waals surface area contributed by atoms with Gasteiger partial charge in [0.2, 0.25) is 15.9 Å². The topological polar surface area (TPSA) is 107 Å². The van der Waals surface area contributed by atoms with Gasteiger partial charge in [-0.3, -0.25) is 9.80 Å². The number of rotatable bonds is 10. The van der Waals surface area contributed by atoms with Gasteiger partial charge < -0.3 is 14.7 Å². The molecule has 4 rings (SSSR count). The van der Waals surface area contributed by atoms with E-state index in [1.54, 1.807) is 0 Å². The molecule has 42 heavy (non-hydrogen) atoms. The molecule has 0 radical (unpaired) electrons. The van der Waals surface area contributed by atoms with Crippen molar-refractivity contribution >= 4 is 32.8 Å². The molecule has 1 saturated heterocycles. The number of likely N-dealkylation sites (tertiary alicyclic amines) is 1. The van der Waals surface area contributed by atoms with E-state index in [2.05, 4.69) is 0 Å². The molecule has 226 valence electrons. The SMILES string of the molecule is CC(C)CCC(=O)N(C1CCCN(C(=O)OCc2ccccc2)CC1O)N(Cc1ccc2ccccc2c1)S(C)(=O)=O. The number of nitrogens with zero attached hydrogens (tertiary/aromatic N) is 3. The van der Waals surface area contributed by atoms with Crippen LogP contribution < -0.4 is 0 Å². The quantitative estimate of drug-likeness (QED) is 0.333. The van der Waals surface area contributed by atoms with Crippen LogP contribution in [0.25, 0.3) is 10.8 Å². The molecule has 1 N–H and O–H groups in total. The van der Waals surface area contributed by atoms with E-state index in [1.165, 1.54) is 9.91 Å². The molecule has 1 aliphatic rings. The van der Waals surface area contributed by atoms with E-state index in [0.29, 0.717) is 25.8 Å². The zero-order chi connectivity index (χ0) is 30.3. The lowest BCUT2D eigenvalue weighted by Crippen LogP contribution is -2.58. The Balaban J connectivity index is 1.59. The Morgan fingerprint density at radius 3 is 2.38 bits per heavy atom. The van der Waals surface area contributed by atoms with Gasteiger partial charge in [-0.05, 0) is 53.1 Å². The summed E-state index contributed by atoms with van der Waals surface area (Å²) in [5.74, 6) is -0.143. The number of carbonyl (C=O) groups is 2. The van der Waals surface area contributed by atoms with Gasteiger partial charge >= 0.3 is 6.09 Å². The van der Waals surface area contributed by atoms with Crippen LogP contribution in [0, 0.1) is 5.92 Å². The van der Waals surface area contributed by atoms with Crippen molar-refractivity contribution in [2.45, 2.75) is 64.8 Å². The Morgan fingerprint density at radius 1 is 1.00 bits per heavy atom. The summed E-state index contributed by atoms with van der Waals surface area (Å²) in [5.41, 5.74) is 1.56. The van der Waals surface area contributed by atoms with Gasteiger partial charge in [0.25, 0.3) is 0 Å². The Hall–Kier alpha value is -3.47. The third-order valence-electron chi connectivity index (χ3n) is 7.50. The van der Waals surface area contributed by atoms with Gasteiger partial charge in [-0.1, -0.05) is 80.6 Å². The number of hydrazine groups is 1. The van der Waals surface area contributed by atoms with Crippen molar-refractivity contribution in [3.05, 3.63) is 83.9 Å². The second-order valence-electron chi connectivity index (χ2n) is 11.4. The second kappa shape index (κ2) is 14.1. The molecule has 3 aromatic rings. The maximum absolute atomic E-state index is 13.8. The van der Waals surface area contributed by atoms with Gasteiger partial charge in [0.15, 0.2) is 0 Å². The summed E-state index contributed by atoms with van der Waals surface area (Å²) in [6.45, 7) is 4.27. The van der Waals surface area contributed by atoms with E-state index in [1.807, 2.05) is 86.6 Å². The molecule has 2 unspecified atom stereocenters. The van der Waals surface area contributed by atoms with Crippen LogP contribution in [0.1, 0.15) is 50.7 Å². The minimum absolute atomic E-state index is 0.0663. The van der Waals surface area contributed by atoms with Crippen LogP contribution in [-0.2, 0) is 32.7 Å². The molecular weight excluding hydrogens is 554 g/mol. The number of ether oxygens (including phenoxy) is 1. The number of hydrogen-bond donors (Lipinski definition) is 1. The first-order valence-corrected chi connectivity index (χ1v) is 16.3. The summed E-state index contributed by atoms with van der Waals surface area (Å²) in [6.07, 6.45) is 0.822. The number of carbonyl (C=O) groups excluding carboxylic acids is 2. The van der Waals surface area contributed by atoms with Gasteiger partial charge in [0.05, 0.1) is 31.5 Å². The lowest BCUT2D eigenvalue weighted by molar-refractivity contribution is -0.152. The van der Waals surface area contributed by atoms with Crippen LogP contribution in [0.2, 0.25) is 0 Å². The lowest BCUT2D eigenvalue weighted by Gasteiger charge is -2.40. The van der Waals surface area contributed by atoms with E-state index >= 15 is 0 Å². The summed E-state index contributed by atoms with van der Waals surface area (Å²) in [5, 5.41) is 14.6. The number of aliphatic hydroxyl groups excluding tert-OH is 1. The minimum Gasteiger partial charge on any atom is -0.445 e. The molecule has 0 saturated carbocycles. The van der Waals surface area contributed by atoms with Crippen molar-refractivity contribution in [2.75, 3.05) is 19.3 Å². The summed E-state index contributed by atoms with van der Waals surface area (Å²) in [7, 11) is -3.93. The van der Waals surface area contributed by atoms with Gasteiger partial charge in [0, 0.05) is 13.0 Å². The normalized spacial score (nSPS) is 17.8. The maximum Gasteiger partial charge on any atom is 0.410 e. The predicted octanol–water partition coefficient (Wildman–Crippen LogP) is 4.94. The van der Waals surface area contributed by atoms with Crippen LogP contribution in [-0.4, -0.2) is 71.3 Å². The van der Waals surface area contributed by atoms with Crippen LogP contribution in [0.4, 0.5) is 4.79 Å². The largest absolute Gasteiger partial charge is 0.445 e. The highest BCUT2D eigenvalue weighted by molar-refractivity contribution is 7.88. The number of amides is 2. The zero-order valence-corrected chi connectivity index (χ0v) is 25.4. The third kappa shape index (κ3) is 8.30. The van der Waals surface area contributed by atoms with Gasteiger partial charge in [-0.2, -0.15) is 0 Å². The lowest BCUT2D eigenvalue weighted by atomic mass is 10.0. The standard InChI is InChI=1S/C32H41N3O6S/c1-24(2)15-18-31(37)35(34(42(3,39)40)21-26-16-17-27-12-7-8-13-28(27)20-26)29-14-9-19-33(22-30(29)36)32(38)41-23-25-10-5-4-6-11-25/h4-8,10-13,16-17,20,24,29-30,36H,9,14-15,18-19,21-23H2,1-3H3. The molecule has 1 fully saturated rings. The van der Waals surface area contributed by atoms with E-state index < -0.39 is 28.3 Å². The average molecular weight is 596 g/mol. The Morgan fingerprint density at radius 2 is 1.69 bits per heavy atom. The van der Waals surface area contributed by atoms with E-state index in [0.717, 1.165) is 32.6 Å². The van der Waals surface area contributed by atoms with Crippen molar-refractivity contribution in [1.82, 2.24) is 14.3 Å². The second-order valence-corrected chi connectivity index (χ2v) is 13.2. The molecular formula is C32H41N3O6S. The number of hydrogen-bond acceptors (Lipinski definition) is 6. The van der Waals surface area contributed by atoms with Crippen LogP contribution in [0.3, 0.4) is 0 Å². The van der Waals surface area contributed by atoms with Crippen LogP contribution in [0.15, 0.2) is 72.8 Å². The summed E-state index contributed by atoms with van der Waals surface area (Å²) in [6, 6.07) is 22.0. The summed E-state index contributed by atoms with van der Waals surface area (Å²) >= 11 is 0. The molecule has 10 heteroatoms. The molecule has 2 atom stereocenters. The first kappa shape index (κ1) is 31.5. The fourth-order valence-corrected chi connectivity index (χ4v) is 6.15. The Bertz CT molecular complexity index is 1460. The number of sulfonamides is 1. The Labute approximate surface area is 248 Å². The zero-order valence-electron chi connectivity index (χ0n) is 24.6. The van der Waals surface area contributed by atoms with Crippen molar-refractivity contribution in [3.63, 3.8) is 0 Å². The highest BCUT2D eigenvalue weighted by Gasteiger charge is 2.40. The first-order valence-electron chi connectivity index (χ1n) is 14.4. The van der Waals surface area contributed by atoms with Crippen molar-refractivity contribution in [3.8, 4) is 0 Å². The monoisotopic (exact) mass is 595 g/mol. The smallest absolute Gasteiger partial charge is 0.410 e. The molecule has 0 bridgehead atoms. The number of benzene rings is 3. The van der Waals surface area contributed by atoms with Crippen molar-refractivity contribution in [2.24, 2.45) is 5.92 Å². The molecule has 9 nitrogen and oxygen atoms in total. The fourth-order valence-electron chi connectivity index (χ4n) is 5.23. The highest BCUT2D eigenvalue weighted by atomic mass is 32.2. The maximum atomic E-state index is 13.8. The van der Waals surface area contributed by atoms with E-state index in [-0.39, 0.29) is 37.9 Å². The summed E-state index contributed by atoms with van der Waals surface area (Å²) in [4.78, 5) is 28.1. The third-order valence-corrected chi connectivity index (χ3v) is 8.57. The van der Waals surface area contributed by atoms with Gasteiger partial charge in [0.1, 0.15) is 6.61 Å². The number of β-amino-alcohol motifs (C(OH)–C–C–N with tert-alkyl or cyclic N) is 1. The van der Waals surface area contributed by atoms with E-state index in [9.17, 15) is 23.1 Å². The van der Waals surface area contributed by atoms with Gasteiger partial charge in [-0.25, -0.2) is 13.2 Å². The predicted molar refractivity (Wildman–Crippen MR) is 162 cm³/mol. The number of fused-ring (bicyclic) bond motifs is 1. The molecule has 0 aliphatic carbocycles. The molecule has 0 aromatic heterocycles. The average Bonchev–Trinajstić information content (AvgIpc) is 3.16. The van der Waals surface area contributed by atoms with Crippen LogP contribution >= 0.6 is 0 Å². The molecule has 3 aromatic carbocycles. The summed E-state index contributed by atoms with van der Waals surface area (Å²) < 4.78 is 33.1. The Kier molecular flexibility index (Phi) is 10.6. The molecule has 1 aliphatic heterocycles. The molecule has 1 heterocycles. The number of aliphatic hydroxyl groups is 1. The highest BCUT2D eigenvalue weighted by Crippen LogP contribution is 2.26. The first-order chi connectivity index (χ1) is 20.0. The minimum atomic E-state index is -3.93. The molecule has 2 amide bonds. The van der Waals surface area contributed by atoms with Gasteiger partial charge in [-0.15, -0.1) is 4.41 Å². The van der Waals surface area contributed by atoms with Crippen molar-refractivity contribution in [1.29, 1.82) is 0 Å². The fraction of sp³-hybridized carbons (Fsp3) is 0.438. The van der Waals surface area contributed by atoms with Crippen molar-refractivity contribution < 1.29 is 27.9 Å². The van der Waals surface area contributed by atoms with Crippen LogP contribution in [0.5, 0.6) is 0 Å². The van der Waals surface area contributed by atoms with E-state index in [4.69, 9.17) is 4.74 Å². The molecule has 0 spiro atoms.